The summed E-state index contributed by atoms with van der Waals surface area (Å²) in [4.78, 5) is 67.2. The lowest BCUT2D eigenvalue weighted by Gasteiger charge is -2.37. The number of piperazine rings is 1. The maximum atomic E-state index is 13.5. The van der Waals surface area contributed by atoms with E-state index in [-0.39, 0.29) is 29.9 Å². The summed E-state index contributed by atoms with van der Waals surface area (Å²) in [5.41, 5.74) is 12.0. The Kier molecular flexibility index (Phi) is 22.5. The van der Waals surface area contributed by atoms with E-state index in [1.165, 1.54) is 50.1 Å². The largest absolute Gasteiger partial charge is 0.449 e. The monoisotopic (exact) mass is 1050 g/mol. The topological polar surface area (TPSA) is 150 Å². The number of ether oxygens (including phenoxy) is 2. The molecular formula is C62H80N6O7S. The van der Waals surface area contributed by atoms with Crippen molar-refractivity contribution in [1.29, 1.82) is 0 Å². The van der Waals surface area contributed by atoms with Crippen LogP contribution in [0, 0.1) is 6.92 Å². The normalized spacial score (nSPS) is 14.6. The number of hydrogen-bond acceptors (Lipinski definition) is 10. The number of nitrogens with zero attached hydrogens (tertiary/aromatic N) is 3. The zero-order valence-electron chi connectivity index (χ0n) is 45.7. The number of aryl methyl sites for hydroxylation is 2. The molecule has 0 bridgehead atoms. The lowest BCUT2D eigenvalue weighted by molar-refractivity contribution is -0.133. The molecule has 2 unspecified atom stereocenters. The summed E-state index contributed by atoms with van der Waals surface area (Å²) in [6, 6.07) is 38.5. The Balaban J connectivity index is 0.000000326. The third-order valence-electron chi connectivity index (χ3n) is 14.0. The molecule has 3 aliphatic rings. The molecule has 4 amide bonds. The van der Waals surface area contributed by atoms with Crippen LogP contribution in [0.4, 0.5) is 9.59 Å². The fourth-order valence-corrected chi connectivity index (χ4v) is 10.3. The van der Waals surface area contributed by atoms with Crippen LogP contribution in [0.1, 0.15) is 128 Å². The van der Waals surface area contributed by atoms with Gasteiger partial charge in [0, 0.05) is 76.3 Å². The maximum Gasteiger partial charge on any atom is 0.410 e. The smallest absolute Gasteiger partial charge is 0.410 e. The van der Waals surface area contributed by atoms with Gasteiger partial charge < -0.3 is 30.3 Å². The molecule has 1 fully saturated rings. The van der Waals surface area contributed by atoms with Crippen molar-refractivity contribution >= 4 is 42.9 Å². The van der Waals surface area contributed by atoms with E-state index >= 15 is 0 Å². The summed E-state index contributed by atoms with van der Waals surface area (Å²) in [7, 11) is 1.87. The van der Waals surface area contributed by atoms with Gasteiger partial charge in [-0.3, -0.25) is 24.2 Å². The van der Waals surface area contributed by atoms with Gasteiger partial charge in [0.15, 0.2) is 0 Å². The molecular weight excluding hydrogens is 973 g/mol. The fraction of sp³-hybridized carbons (Fsp3) is 0.435. The van der Waals surface area contributed by atoms with Crippen molar-refractivity contribution in [3.63, 3.8) is 0 Å². The molecule has 2 aliphatic heterocycles. The number of rotatable bonds is 19. The molecule has 0 aromatic heterocycles. The molecule has 1 aliphatic carbocycles. The predicted octanol–water partition coefficient (Wildman–Crippen LogP) is 10.6. The number of nitrogens with one attached hydrogen (secondary N) is 3. The van der Waals surface area contributed by atoms with Crippen LogP contribution in [0.5, 0.6) is 0 Å². The number of hydrogen-bond donors (Lipinski definition) is 4. The van der Waals surface area contributed by atoms with E-state index in [2.05, 4.69) is 94.5 Å². The zero-order chi connectivity index (χ0) is 54.6. The zero-order valence-corrected chi connectivity index (χ0v) is 46.6. The summed E-state index contributed by atoms with van der Waals surface area (Å²) >= 11 is 4.78. The minimum absolute atomic E-state index is 0.0330. The lowest BCUT2D eigenvalue weighted by Crippen LogP contribution is -2.53. The highest BCUT2D eigenvalue weighted by atomic mass is 32.1. The van der Waals surface area contributed by atoms with Gasteiger partial charge in [0.2, 0.25) is 11.8 Å². The lowest BCUT2D eigenvalue weighted by atomic mass is 9.98. The van der Waals surface area contributed by atoms with Gasteiger partial charge in [-0.15, -0.1) is 0 Å². The number of unbranched alkanes of at least 4 members (excludes halogenated alkanes) is 1. The highest BCUT2D eigenvalue weighted by Crippen LogP contribution is 2.44. The number of thiol groups is 1. The average Bonchev–Trinajstić information content (AvgIpc) is 4.02. The van der Waals surface area contributed by atoms with Gasteiger partial charge in [-0.05, 0) is 110 Å². The van der Waals surface area contributed by atoms with Crippen LogP contribution < -0.4 is 16.0 Å². The van der Waals surface area contributed by atoms with Crippen LogP contribution in [0.15, 0.2) is 115 Å². The van der Waals surface area contributed by atoms with Gasteiger partial charge in [-0.2, -0.15) is 12.6 Å². The maximum absolute atomic E-state index is 13.5. The van der Waals surface area contributed by atoms with Crippen molar-refractivity contribution < 1.29 is 33.4 Å². The van der Waals surface area contributed by atoms with Gasteiger partial charge in [-0.25, -0.2) is 9.59 Å². The van der Waals surface area contributed by atoms with Gasteiger partial charge in [0.05, 0.1) is 11.8 Å². The first kappa shape index (κ1) is 58.8. The van der Waals surface area contributed by atoms with Crippen LogP contribution in [-0.4, -0.2) is 108 Å². The summed E-state index contributed by atoms with van der Waals surface area (Å²) in [5.74, 6) is 0.143. The van der Waals surface area contributed by atoms with E-state index in [1.807, 2.05) is 83.0 Å². The van der Waals surface area contributed by atoms with Crippen molar-refractivity contribution in [2.75, 3.05) is 46.4 Å². The summed E-state index contributed by atoms with van der Waals surface area (Å²) in [6.07, 6.45) is 4.78. The van der Waals surface area contributed by atoms with Crippen LogP contribution >= 0.6 is 12.6 Å². The Morgan fingerprint density at radius 1 is 0.750 bits per heavy atom. The van der Waals surface area contributed by atoms with Crippen LogP contribution in [-0.2, 0) is 51.7 Å². The molecule has 2 atom stereocenters. The molecule has 5 aromatic rings. The highest BCUT2D eigenvalue weighted by Gasteiger charge is 2.33. The number of benzene rings is 5. The van der Waals surface area contributed by atoms with Gasteiger partial charge in [0.1, 0.15) is 18.5 Å². The molecule has 14 heteroatoms. The summed E-state index contributed by atoms with van der Waals surface area (Å²) < 4.78 is 11.3. The standard InChI is InChI=1S/C41H53N5O5S.C19H21NO2.C2H6/c1-41(2,3)51-40(49)46-25-29-13-11-12-28(34(29)26-46)24-44-20-22-45(23-21-44)38(47)37(52)36(42-4)18-9-10-19-43-39(48)50-27-35-32-16-7-5-14-30(32)31-15-6-8-17-33(31)35;1-15-5-7-16(8-6-15)3-2-4-19(22)20-13-17-9-11-18(14-21)12-10-17;1-2/h5-8,11-17,35-37,42,52H,9-10,18-27H2,1-4H3,(H,43,48);5-12,14H,2-4,13H2,1H3,(H,20,22);1-2H3. The Hall–Kier alpha value is -6.48. The molecule has 13 nitrogen and oxygen atoms in total. The molecule has 5 aromatic carbocycles. The first-order valence-electron chi connectivity index (χ1n) is 27.1. The Labute approximate surface area is 456 Å². The molecule has 8 rings (SSSR count). The first-order valence-corrected chi connectivity index (χ1v) is 27.6. The summed E-state index contributed by atoms with van der Waals surface area (Å²) in [5, 5.41) is 8.64. The van der Waals surface area contributed by atoms with Gasteiger partial charge >= 0.3 is 12.2 Å². The number of amides is 4. The van der Waals surface area contributed by atoms with Crippen LogP contribution in [0.3, 0.4) is 0 Å². The first-order chi connectivity index (χ1) is 36.7. The molecule has 1 saturated heterocycles. The van der Waals surface area contributed by atoms with Crippen molar-refractivity contribution in [2.45, 2.75) is 129 Å². The number of carbonyl (C=O) groups excluding carboxylic acids is 5. The predicted molar refractivity (Wildman–Crippen MR) is 305 cm³/mol. The summed E-state index contributed by atoms with van der Waals surface area (Å²) in [6.45, 7) is 17.8. The molecule has 0 spiro atoms. The second-order valence-corrected chi connectivity index (χ2v) is 21.1. The third kappa shape index (κ3) is 17.0. The van der Waals surface area contributed by atoms with Crippen molar-refractivity contribution in [3.05, 3.63) is 165 Å². The van der Waals surface area contributed by atoms with E-state index in [1.54, 1.807) is 17.0 Å². The number of carbonyl (C=O) groups is 5. The van der Waals surface area contributed by atoms with Crippen LogP contribution in [0.2, 0.25) is 0 Å². The van der Waals surface area contributed by atoms with E-state index in [4.69, 9.17) is 22.1 Å². The number of fused-ring (bicyclic) bond motifs is 4. The van der Waals surface area contributed by atoms with Crippen molar-refractivity contribution in [1.82, 2.24) is 30.7 Å². The minimum Gasteiger partial charge on any atom is -0.449 e. The quantitative estimate of drug-likeness (QED) is 0.0360. The number of alkyl carbamates (subject to hydrolysis) is 1. The van der Waals surface area contributed by atoms with E-state index in [0.29, 0.717) is 57.9 Å². The third-order valence-corrected chi connectivity index (χ3v) is 14.5. The second kappa shape index (κ2) is 29.1. The van der Waals surface area contributed by atoms with E-state index in [0.717, 1.165) is 63.6 Å². The minimum atomic E-state index is -0.530. The molecule has 3 N–H and O–H groups in total. The van der Waals surface area contributed by atoms with Gasteiger partial charge in [-0.1, -0.05) is 141 Å². The molecule has 0 saturated carbocycles. The second-order valence-electron chi connectivity index (χ2n) is 20.6. The molecule has 406 valence electrons. The Morgan fingerprint density at radius 2 is 1.39 bits per heavy atom. The SMILES string of the molecule is CC.CNC(CCCCNC(=O)OCC1c2ccccc2-c2ccccc21)C(S)C(=O)N1CCN(Cc2cccc3c2CN(C(=O)OC(C)(C)C)C3)CC1.Cc1ccc(CCCC(=O)NCc2ccc(C=O)cc2)cc1. The van der Waals surface area contributed by atoms with E-state index < -0.39 is 16.9 Å². The Morgan fingerprint density at radius 3 is 2.03 bits per heavy atom. The number of aldehydes is 1. The van der Waals surface area contributed by atoms with Crippen LogP contribution in [0.25, 0.3) is 11.1 Å². The van der Waals surface area contributed by atoms with E-state index in [9.17, 15) is 24.0 Å². The van der Waals surface area contributed by atoms with Crippen molar-refractivity contribution in [2.24, 2.45) is 0 Å². The molecule has 2 heterocycles. The molecule has 76 heavy (non-hydrogen) atoms. The molecule has 0 radical (unpaired) electrons. The van der Waals surface area contributed by atoms with Crippen molar-refractivity contribution in [3.8, 4) is 11.1 Å². The fourth-order valence-electron chi connectivity index (χ4n) is 9.82. The average molecular weight is 1050 g/mol. The van der Waals surface area contributed by atoms with Gasteiger partial charge in [0.25, 0.3) is 0 Å². The Bertz CT molecular complexity index is 2640. The highest BCUT2D eigenvalue weighted by molar-refractivity contribution is 7.81.